The van der Waals surface area contributed by atoms with Crippen molar-refractivity contribution < 1.29 is 24.9 Å². The molecule has 0 spiro atoms. The third-order valence-electron chi connectivity index (χ3n) is 6.55. The molecule has 2 aromatic heterocycles. The van der Waals surface area contributed by atoms with Gasteiger partial charge in [0.2, 0.25) is 5.95 Å². The molecule has 5 rings (SSSR count). The average molecular weight is 568 g/mol. The maximum Gasteiger partial charge on any atom is 0.340 e. The summed E-state index contributed by atoms with van der Waals surface area (Å²) < 4.78 is 0. The molecule has 4 aromatic rings. The Morgan fingerprint density at radius 2 is 1.62 bits per heavy atom. The number of nitro groups is 2. The summed E-state index contributed by atoms with van der Waals surface area (Å²) in [5, 5.41) is 45.5. The number of anilines is 1. The van der Waals surface area contributed by atoms with Crippen LogP contribution in [0.5, 0.6) is 5.75 Å². The Hall–Kier alpha value is -6.05. The number of carboxylic acid groups (broad SMARTS) is 1. The average Bonchev–Trinajstić information content (AvgIpc) is 3.46. The number of benzene rings is 2. The van der Waals surface area contributed by atoms with E-state index in [1.165, 1.54) is 48.5 Å². The number of rotatable bonds is 10. The van der Waals surface area contributed by atoms with Crippen LogP contribution in [0.25, 0.3) is 22.5 Å². The number of aliphatic imine (C=N–C) groups is 1. The van der Waals surface area contributed by atoms with Crippen LogP contribution in [0.3, 0.4) is 0 Å². The van der Waals surface area contributed by atoms with E-state index in [0.717, 1.165) is 6.20 Å². The number of phenolic OH excluding ortho intramolecular Hbond substituents is 1. The maximum atomic E-state index is 12.5. The van der Waals surface area contributed by atoms with Gasteiger partial charge in [0, 0.05) is 42.1 Å². The van der Waals surface area contributed by atoms with E-state index in [1.807, 2.05) is 6.08 Å². The fourth-order valence-corrected chi connectivity index (χ4v) is 4.52. The normalized spacial score (nSPS) is 15.4. The van der Waals surface area contributed by atoms with Crippen LogP contribution in [0.1, 0.15) is 22.5 Å². The standard InChI is InChI=1S/C28H21N7O7/c36-21-4-1-3-18(15-21)25-23(26(37)38)24(17-5-7-19(8-6-17)34(39)40)32-27(33-25)29-14-12-28(11-2-13-31-28)22-10-9-20(16-30-22)35(41)42/h1-11,13,15-16,36H,12,14H2,(H,37,38)(H,29,32,33). The van der Waals surface area contributed by atoms with E-state index in [-0.39, 0.29) is 46.6 Å². The molecule has 0 fully saturated rings. The Kier molecular flexibility index (Phi) is 7.34. The summed E-state index contributed by atoms with van der Waals surface area (Å²) in [6.07, 6.45) is 6.67. The number of aromatic carboxylic acids is 1. The SMILES string of the molecule is O=C(O)c1c(-c2ccc([N+](=O)[O-])cc2)nc(NCCC2(c3ccc([N+](=O)[O-])cn3)C=CC=N2)nc1-c1cccc(O)c1. The topological polar surface area (TPSA) is 207 Å². The molecule has 42 heavy (non-hydrogen) atoms. The van der Waals surface area contributed by atoms with Crippen molar-refractivity contribution in [2.75, 3.05) is 11.9 Å². The Labute approximate surface area is 237 Å². The van der Waals surface area contributed by atoms with E-state index >= 15 is 0 Å². The molecule has 3 heterocycles. The molecule has 14 heteroatoms. The van der Waals surface area contributed by atoms with Gasteiger partial charge in [-0.3, -0.25) is 30.2 Å². The van der Waals surface area contributed by atoms with Crippen LogP contribution in [0.4, 0.5) is 17.3 Å². The Bertz CT molecular complexity index is 1740. The summed E-state index contributed by atoms with van der Waals surface area (Å²) in [5.41, 5.74) is -0.332. The fourth-order valence-electron chi connectivity index (χ4n) is 4.52. The van der Waals surface area contributed by atoms with Crippen LogP contribution in [-0.2, 0) is 5.54 Å². The molecule has 0 saturated heterocycles. The highest BCUT2D eigenvalue weighted by Gasteiger charge is 2.32. The minimum absolute atomic E-state index is 0.0128. The van der Waals surface area contributed by atoms with Gasteiger partial charge in [-0.15, -0.1) is 0 Å². The molecule has 3 N–H and O–H groups in total. The maximum absolute atomic E-state index is 12.5. The lowest BCUT2D eigenvalue weighted by Gasteiger charge is -2.24. The van der Waals surface area contributed by atoms with Crippen LogP contribution in [-0.4, -0.2) is 53.7 Å². The third kappa shape index (κ3) is 5.49. The molecule has 2 aromatic carbocycles. The van der Waals surface area contributed by atoms with E-state index in [2.05, 4.69) is 25.3 Å². The quantitative estimate of drug-likeness (QED) is 0.176. The Morgan fingerprint density at radius 1 is 0.929 bits per heavy atom. The molecule has 14 nitrogen and oxygen atoms in total. The first kappa shape index (κ1) is 27.5. The molecule has 1 atom stereocenters. The summed E-state index contributed by atoms with van der Waals surface area (Å²) in [6.45, 7) is 0.228. The summed E-state index contributed by atoms with van der Waals surface area (Å²) in [4.78, 5) is 51.3. The van der Waals surface area contributed by atoms with Crippen LogP contribution in [0.15, 0.2) is 84.0 Å². The van der Waals surface area contributed by atoms with Crippen molar-refractivity contribution in [3.05, 3.63) is 110 Å². The number of phenols is 1. The van der Waals surface area contributed by atoms with Crippen LogP contribution >= 0.6 is 0 Å². The molecule has 0 bridgehead atoms. The molecule has 0 saturated carbocycles. The second kappa shape index (κ2) is 11.2. The highest BCUT2D eigenvalue weighted by atomic mass is 16.6. The van der Waals surface area contributed by atoms with Gasteiger partial charge in [0.25, 0.3) is 11.4 Å². The second-order valence-electron chi connectivity index (χ2n) is 9.18. The zero-order valence-electron chi connectivity index (χ0n) is 21.6. The lowest BCUT2D eigenvalue weighted by molar-refractivity contribution is -0.385. The molecule has 0 radical (unpaired) electrons. The number of carboxylic acids is 1. The number of carbonyl (C=O) groups is 1. The monoisotopic (exact) mass is 567 g/mol. The van der Waals surface area contributed by atoms with Gasteiger partial charge in [-0.1, -0.05) is 12.1 Å². The smallest absolute Gasteiger partial charge is 0.340 e. The van der Waals surface area contributed by atoms with E-state index in [1.54, 1.807) is 24.4 Å². The van der Waals surface area contributed by atoms with Crippen LogP contribution in [0.2, 0.25) is 0 Å². The highest BCUT2D eigenvalue weighted by molar-refractivity contribution is 6.01. The van der Waals surface area contributed by atoms with E-state index < -0.39 is 21.4 Å². The summed E-state index contributed by atoms with van der Waals surface area (Å²) >= 11 is 0. The highest BCUT2D eigenvalue weighted by Crippen LogP contribution is 2.35. The Balaban J connectivity index is 1.52. The zero-order chi connectivity index (χ0) is 29.9. The van der Waals surface area contributed by atoms with Crippen molar-refractivity contribution in [1.82, 2.24) is 15.0 Å². The van der Waals surface area contributed by atoms with Crippen molar-refractivity contribution in [1.29, 1.82) is 0 Å². The van der Waals surface area contributed by atoms with Crippen LogP contribution < -0.4 is 5.32 Å². The van der Waals surface area contributed by atoms with E-state index in [4.69, 9.17) is 0 Å². The minimum Gasteiger partial charge on any atom is -0.508 e. The molecule has 0 aliphatic carbocycles. The number of hydrogen-bond acceptors (Lipinski definition) is 11. The van der Waals surface area contributed by atoms with Gasteiger partial charge in [0.15, 0.2) is 0 Å². The number of non-ortho nitro benzene ring substituents is 1. The lowest BCUT2D eigenvalue weighted by atomic mass is 9.92. The van der Waals surface area contributed by atoms with Gasteiger partial charge in [0.1, 0.15) is 23.0 Å². The molecular weight excluding hydrogens is 546 g/mol. The fraction of sp³-hybridized carbons (Fsp3) is 0.107. The first-order valence-electron chi connectivity index (χ1n) is 12.4. The van der Waals surface area contributed by atoms with Crippen LogP contribution in [0, 0.1) is 20.2 Å². The first-order valence-corrected chi connectivity index (χ1v) is 12.4. The van der Waals surface area contributed by atoms with Gasteiger partial charge in [-0.25, -0.2) is 14.8 Å². The van der Waals surface area contributed by atoms with Crippen molar-refractivity contribution >= 4 is 29.5 Å². The number of nitro benzene ring substituents is 1. The predicted octanol–water partition coefficient (Wildman–Crippen LogP) is 4.76. The molecule has 1 unspecified atom stereocenters. The third-order valence-corrected chi connectivity index (χ3v) is 6.55. The molecule has 1 aliphatic rings. The zero-order valence-corrected chi connectivity index (χ0v) is 21.6. The molecule has 210 valence electrons. The molecule has 0 amide bonds. The predicted molar refractivity (Wildman–Crippen MR) is 151 cm³/mol. The van der Waals surface area contributed by atoms with E-state index in [0.29, 0.717) is 23.2 Å². The number of pyridine rings is 1. The summed E-state index contributed by atoms with van der Waals surface area (Å²) in [7, 11) is 0. The van der Waals surface area contributed by atoms with E-state index in [9.17, 15) is 35.2 Å². The summed E-state index contributed by atoms with van der Waals surface area (Å²) in [5.74, 6) is -1.37. The van der Waals surface area contributed by atoms with Gasteiger partial charge in [-0.2, -0.15) is 0 Å². The number of aromatic nitrogens is 3. The van der Waals surface area contributed by atoms with Gasteiger partial charge in [-0.05, 0) is 48.9 Å². The second-order valence-corrected chi connectivity index (χ2v) is 9.18. The van der Waals surface area contributed by atoms with Gasteiger partial charge in [0.05, 0.1) is 26.9 Å². The number of allylic oxidation sites excluding steroid dienone is 1. The van der Waals surface area contributed by atoms with Crippen molar-refractivity contribution in [3.8, 4) is 28.3 Å². The largest absolute Gasteiger partial charge is 0.508 e. The number of aromatic hydroxyl groups is 1. The minimum atomic E-state index is -1.33. The lowest BCUT2D eigenvalue weighted by Crippen LogP contribution is -2.25. The van der Waals surface area contributed by atoms with Crippen molar-refractivity contribution in [2.45, 2.75) is 12.0 Å². The number of nitrogens with zero attached hydrogens (tertiary/aromatic N) is 6. The van der Waals surface area contributed by atoms with Crippen molar-refractivity contribution in [2.24, 2.45) is 4.99 Å². The first-order chi connectivity index (χ1) is 20.2. The number of nitrogens with one attached hydrogen (secondary N) is 1. The van der Waals surface area contributed by atoms with Gasteiger partial charge >= 0.3 is 5.97 Å². The van der Waals surface area contributed by atoms with Gasteiger partial charge < -0.3 is 15.5 Å². The molecule has 1 aliphatic heterocycles. The Morgan fingerprint density at radius 3 is 2.19 bits per heavy atom. The van der Waals surface area contributed by atoms with Crippen molar-refractivity contribution in [3.63, 3.8) is 0 Å². The summed E-state index contributed by atoms with van der Waals surface area (Å²) in [6, 6.07) is 14.1. The molecular formula is C28H21N7O7. The number of hydrogen-bond donors (Lipinski definition) is 3.